The summed E-state index contributed by atoms with van der Waals surface area (Å²) >= 11 is 0. The molecule has 0 saturated carbocycles. The summed E-state index contributed by atoms with van der Waals surface area (Å²) in [5.41, 5.74) is 1.93. The molecule has 122 valence electrons. The molecule has 1 aromatic heterocycles. The second-order valence-corrected chi connectivity index (χ2v) is 7.42. The van der Waals surface area contributed by atoms with Crippen molar-refractivity contribution in [2.45, 2.75) is 11.4 Å². The first-order valence-corrected chi connectivity index (χ1v) is 9.33. The Hall–Kier alpha value is -2.73. The highest BCUT2D eigenvalue weighted by Crippen LogP contribution is 2.19. The van der Waals surface area contributed by atoms with Crippen molar-refractivity contribution in [3.8, 4) is 11.4 Å². The maximum absolute atomic E-state index is 11.5. The van der Waals surface area contributed by atoms with Gasteiger partial charge in [0.25, 0.3) is 0 Å². The summed E-state index contributed by atoms with van der Waals surface area (Å²) in [5, 5.41) is 3.26. The molecule has 6 heteroatoms. The molecule has 0 aliphatic heterocycles. The van der Waals surface area contributed by atoms with Crippen molar-refractivity contribution in [1.29, 1.82) is 0 Å². The van der Waals surface area contributed by atoms with Gasteiger partial charge >= 0.3 is 0 Å². The fourth-order valence-corrected chi connectivity index (χ4v) is 2.87. The third-order valence-electron chi connectivity index (χ3n) is 3.51. The van der Waals surface area contributed by atoms with E-state index < -0.39 is 9.84 Å². The zero-order valence-corrected chi connectivity index (χ0v) is 14.0. The molecule has 3 aromatic rings. The Kier molecular flexibility index (Phi) is 4.57. The van der Waals surface area contributed by atoms with Crippen LogP contribution < -0.4 is 5.32 Å². The van der Waals surface area contributed by atoms with E-state index >= 15 is 0 Å². The number of sulfone groups is 1. The number of anilines is 1. The van der Waals surface area contributed by atoms with E-state index in [-0.39, 0.29) is 4.90 Å². The quantitative estimate of drug-likeness (QED) is 0.773. The summed E-state index contributed by atoms with van der Waals surface area (Å²) in [7, 11) is -3.20. The van der Waals surface area contributed by atoms with Gasteiger partial charge in [0.15, 0.2) is 15.7 Å². The van der Waals surface area contributed by atoms with Crippen LogP contribution in [-0.2, 0) is 16.4 Å². The average molecular weight is 339 g/mol. The van der Waals surface area contributed by atoms with Gasteiger partial charge < -0.3 is 5.32 Å². The number of benzene rings is 2. The monoisotopic (exact) mass is 339 g/mol. The van der Waals surface area contributed by atoms with E-state index in [1.54, 1.807) is 36.5 Å². The van der Waals surface area contributed by atoms with Crippen LogP contribution in [0.2, 0.25) is 0 Å². The molecule has 0 aliphatic rings. The van der Waals surface area contributed by atoms with E-state index in [4.69, 9.17) is 0 Å². The van der Waals surface area contributed by atoms with Gasteiger partial charge in [0.1, 0.15) is 5.82 Å². The largest absolute Gasteiger partial charge is 0.366 e. The Morgan fingerprint density at radius 2 is 1.67 bits per heavy atom. The van der Waals surface area contributed by atoms with Gasteiger partial charge in [0.2, 0.25) is 0 Å². The third-order valence-corrected chi connectivity index (χ3v) is 4.64. The molecule has 1 heterocycles. The minimum Gasteiger partial charge on any atom is -0.366 e. The number of nitrogens with zero attached hydrogens (tertiary/aromatic N) is 2. The average Bonchev–Trinajstić information content (AvgIpc) is 2.60. The molecule has 1 N–H and O–H groups in total. The fraction of sp³-hybridized carbons (Fsp3) is 0.111. The second-order valence-electron chi connectivity index (χ2n) is 5.40. The maximum Gasteiger partial charge on any atom is 0.175 e. The van der Waals surface area contributed by atoms with Crippen molar-refractivity contribution < 1.29 is 8.42 Å². The van der Waals surface area contributed by atoms with Crippen LogP contribution in [0.25, 0.3) is 11.4 Å². The molecule has 0 radical (unpaired) electrons. The number of hydrogen-bond donors (Lipinski definition) is 1. The van der Waals surface area contributed by atoms with Gasteiger partial charge in [-0.25, -0.2) is 18.4 Å². The third kappa shape index (κ3) is 3.97. The van der Waals surface area contributed by atoms with Gasteiger partial charge in [-0.05, 0) is 35.9 Å². The predicted octanol–water partition coefficient (Wildman–Crippen LogP) is 3.16. The molecule has 24 heavy (non-hydrogen) atoms. The van der Waals surface area contributed by atoms with E-state index in [9.17, 15) is 8.42 Å². The minimum atomic E-state index is -3.20. The van der Waals surface area contributed by atoms with Gasteiger partial charge in [-0.3, -0.25) is 0 Å². The first kappa shape index (κ1) is 16.1. The molecule has 3 rings (SSSR count). The van der Waals surface area contributed by atoms with Gasteiger partial charge in [-0.15, -0.1) is 0 Å². The Morgan fingerprint density at radius 1 is 0.958 bits per heavy atom. The summed E-state index contributed by atoms with van der Waals surface area (Å²) in [4.78, 5) is 9.02. The highest BCUT2D eigenvalue weighted by atomic mass is 32.2. The molecule has 0 bridgehead atoms. The molecule has 2 aromatic carbocycles. The van der Waals surface area contributed by atoms with E-state index in [2.05, 4.69) is 15.3 Å². The molecule has 0 amide bonds. The molecule has 0 unspecified atom stereocenters. The van der Waals surface area contributed by atoms with Crippen LogP contribution >= 0.6 is 0 Å². The highest BCUT2D eigenvalue weighted by Gasteiger charge is 2.08. The number of hydrogen-bond acceptors (Lipinski definition) is 5. The fourth-order valence-electron chi connectivity index (χ4n) is 2.24. The minimum absolute atomic E-state index is 0.282. The van der Waals surface area contributed by atoms with E-state index in [0.29, 0.717) is 12.4 Å². The first-order valence-electron chi connectivity index (χ1n) is 7.44. The lowest BCUT2D eigenvalue weighted by atomic mass is 10.2. The Bertz CT molecular complexity index is 924. The van der Waals surface area contributed by atoms with Gasteiger partial charge in [0.05, 0.1) is 4.90 Å². The molecule has 0 atom stereocenters. The van der Waals surface area contributed by atoms with Crippen LogP contribution in [0.1, 0.15) is 5.56 Å². The van der Waals surface area contributed by atoms with Gasteiger partial charge in [-0.2, -0.15) is 0 Å². The second kappa shape index (κ2) is 6.80. The van der Waals surface area contributed by atoms with Gasteiger partial charge in [0, 0.05) is 24.6 Å². The Labute approximate surface area is 141 Å². The standard InChI is InChI=1S/C18H17N3O2S/c1-24(22,23)16-9-7-15(8-10-16)18-19-12-11-17(21-18)20-13-14-5-3-2-4-6-14/h2-12H,13H2,1H3,(H,19,20,21). The van der Waals surface area contributed by atoms with Crippen molar-refractivity contribution in [2.75, 3.05) is 11.6 Å². The van der Waals surface area contributed by atoms with E-state index in [1.165, 1.54) is 6.26 Å². The Balaban J connectivity index is 1.77. The van der Waals surface area contributed by atoms with E-state index in [0.717, 1.165) is 16.9 Å². The first-order chi connectivity index (χ1) is 11.5. The van der Waals surface area contributed by atoms with Crippen LogP contribution in [0.5, 0.6) is 0 Å². The molecule has 0 aliphatic carbocycles. The SMILES string of the molecule is CS(=O)(=O)c1ccc(-c2nccc(NCc3ccccc3)n2)cc1. The van der Waals surface area contributed by atoms with Crippen molar-refractivity contribution in [3.63, 3.8) is 0 Å². The molecule has 0 spiro atoms. The smallest absolute Gasteiger partial charge is 0.175 e. The number of rotatable bonds is 5. The molecule has 0 saturated heterocycles. The maximum atomic E-state index is 11.5. The van der Waals surface area contributed by atoms with Crippen LogP contribution in [0.4, 0.5) is 5.82 Å². The van der Waals surface area contributed by atoms with Gasteiger partial charge in [-0.1, -0.05) is 30.3 Å². The van der Waals surface area contributed by atoms with Crippen LogP contribution in [0, 0.1) is 0 Å². The lowest BCUT2D eigenvalue weighted by Crippen LogP contribution is -2.02. The highest BCUT2D eigenvalue weighted by molar-refractivity contribution is 7.90. The zero-order chi connectivity index (χ0) is 17.0. The summed E-state index contributed by atoms with van der Waals surface area (Å²) in [6.45, 7) is 0.671. The van der Waals surface area contributed by atoms with Crippen LogP contribution in [-0.4, -0.2) is 24.6 Å². The van der Waals surface area contributed by atoms with Crippen molar-refractivity contribution in [3.05, 3.63) is 72.4 Å². The number of aromatic nitrogens is 2. The van der Waals surface area contributed by atoms with Crippen LogP contribution in [0.3, 0.4) is 0 Å². The van der Waals surface area contributed by atoms with E-state index in [1.807, 2.05) is 30.3 Å². The lowest BCUT2D eigenvalue weighted by molar-refractivity contribution is 0.602. The molecular weight excluding hydrogens is 322 g/mol. The summed E-state index contributed by atoms with van der Waals surface area (Å²) in [6, 6.07) is 18.4. The summed E-state index contributed by atoms with van der Waals surface area (Å²) < 4.78 is 23.0. The van der Waals surface area contributed by atoms with Crippen LogP contribution in [0.15, 0.2) is 71.8 Å². The topological polar surface area (TPSA) is 72.0 Å². The van der Waals surface area contributed by atoms with Crippen molar-refractivity contribution in [1.82, 2.24) is 9.97 Å². The normalized spacial score (nSPS) is 11.2. The molecule has 0 fully saturated rings. The molecular formula is C18H17N3O2S. The summed E-state index contributed by atoms with van der Waals surface area (Å²) in [5.74, 6) is 1.27. The predicted molar refractivity (Wildman–Crippen MR) is 94.3 cm³/mol. The molecule has 5 nitrogen and oxygen atoms in total. The van der Waals surface area contributed by atoms with Crippen molar-refractivity contribution >= 4 is 15.7 Å². The van der Waals surface area contributed by atoms with Crippen molar-refractivity contribution in [2.24, 2.45) is 0 Å². The lowest BCUT2D eigenvalue weighted by Gasteiger charge is -2.07. The Morgan fingerprint density at radius 3 is 2.33 bits per heavy atom. The summed E-state index contributed by atoms with van der Waals surface area (Å²) in [6.07, 6.45) is 2.87. The zero-order valence-electron chi connectivity index (χ0n) is 13.2. The number of nitrogens with one attached hydrogen (secondary N) is 1.